The van der Waals surface area contributed by atoms with Crippen LogP contribution in [-0.4, -0.2) is 17.0 Å². The summed E-state index contributed by atoms with van der Waals surface area (Å²) in [5.74, 6) is 0. The molecule has 0 aromatic heterocycles. The molecule has 17 heavy (non-hydrogen) atoms. The van der Waals surface area contributed by atoms with E-state index in [1.807, 2.05) is 0 Å². The van der Waals surface area contributed by atoms with E-state index in [4.69, 9.17) is 0 Å². The van der Waals surface area contributed by atoms with Gasteiger partial charge in [0.15, 0.2) is 0 Å². The molecular formula is C16H25N. The molecule has 1 nitrogen and oxygen atoms in total. The van der Waals surface area contributed by atoms with Crippen molar-refractivity contribution in [3.05, 3.63) is 35.9 Å². The number of nitrogens with zero attached hydrogens (tertiary/aromatic N) is 1. The Balaban J connectivity index is 2.01. The third kappa shape index (κ3) is 3.10. The van der Waals surface area contributed by atoms with E-state index in [0.717, 1.165) is 6.54 Å². The van der Waals surface area contributed by atoms with Crippen molar-refractivity contribution in [2.45, 2.75) is 58.0 Å². The van der Waals surface area contributed by atoms with Gasteiger partial charge < -0.3 is 0 Å². The van der Waals surface area contributed by atoms with Gasteiger partial charge in [0.1, 0.15) is 0 Å². The quantitative estimate of drug-likeness (QED) is 0.678. The molecule has 1 aliphatic rings. The van der Waals surface area contributed by atoms with Gasteiger partial charge in [0.05, 0.1) is 0 Å². The third-order valence-corrected chi connectivity index (χ3v) is 4.15. The summed E-state index contributed by atoms with van der Waals surface area (Å²) in [5, 5.41) is 0. The van der Waals surface area contributed by atoms with Crippen LogP contribution in [0, 0.1) is 0 Å². The van der Waals surface area contributed by atoms with Crippen LogP contribution in [0.5, 0.6) is 0 Å². The molecule has 0 saturated heterocycles. The summed E-state index contributed by atoms with van der Waals surface area (Å²) in [6.45, 7) is 7.02. The van der Waals surface area contributed by atoms with Crippen molar-refractivity contribution in [3.63, 3.8) is 0 Å². The van der Waals surface area contributed by atoms with Crippen LogP contribution in [-0.2, 0) is 6.54 Å². The summed E-state index contributed by atoms with van der Waals surface area (Å²) in [6.07, 6.45) is 6.74. The second-order valence-corrected chi connectivity index (χ2v) is 5.34. The highest BCUT2D eigenvalue weighted by molar-refractivity contribution is 5.16. The van der Waals surface area contributed by atoms with Gasteiger partial charge in [-0.25, -0.2) is 0 Å². The van der Waals surface area contributed by atoms with Crippen LogP contribution in [0.25, 0.3) is 0 Å². The summed E-state index contributed by atoms with van der Waals surface area (Å²) < 4.78 is 0. The van der Waals surface area contributed by atoms with Gasteiger partial charge in [-0.3, -0.25) is 4.90 Å². The minimum atomic E-state index is 0.547. The minimum Gasteiger partial charge on any atom is -0.293 e. The topological polar surface area (TPSA) is 3.24 Å². The van der Waals surface area contributed by atoms with Crippen LogP contribution >= 0.6 is 0 Å². The summed E-state index contributed by atoms with van der Waals surface area (Å²) in [7, 11) is 0. The lowest BCUT2D eigenvalue weighted by Gasteiger charge is -2.31. The molecule has 0 unspecified atom stereocenters. The molecular weight excluding hydrogens is 206 g/mol. The highest BCUT2D eigenvalue weighted by Gasteiger charge is 2.45. The van der Waals surface area contributed by atoms with Gasteiger partial charge >= 0.3 is 0 Å². The standard InChI is InChI=1S/C16H25N/c1-3-5-13-17(16(4-2)11-12-16)14-15-9-7-6-8-10-15/h6-10H,3-5,11-14H2,1-2H3. The molecule has 0 N–H and O–H groups in total. The van der Waals surface area contributed by atoms with Gasteiger partial charge in [-0.05, 0) is 37.8 Å². The first-order valence-corrected chi connectivity index (χ1v) is 7.10. The summed E-state index contributed by atoms with van der Waals surface area (Å²) in [4.78, 5) is 2.73. The van der Waals surface area contributed by atoms with E-state index in [-0.39, 0.29) is 0 Å². The summed E-state index contributed by atoms with van der Waals surface area (Å²) in [6, 6.07) is 10.9. The van der Waals surface area contributed by atoms with Crippen LogP contribution in [0.15, 0.2) is 30.3 Å². The van der Waals surface area contributed by atoms with Gasteiger partial charge in [0, 0.05) is 12.1 Å². The van der Waals surface area contributed by atoms with Crippen molar-refractivity contribution >= 4 is 0 Å². The molecule has 0 amide bonds. The molecule has 0 atom stereocenters. The van der Waals surface area contributed by atoms with Crippen molar-refractivity contribution in [1.82, 2.24) is 4.90 Å². The Labute approximate surface area is 106 Å². The van der Waals surface area contributed by atoms with E-state index in [2.05, 4.69) is 49.1 Å². The van der Waals surface area contributed by atoms with Crippen LogP contribution in [0.4, 0.5) is 0 Å². The number of rotatable bonds is 7. The predicted octanol–water partition coefficient (Wildman–Crippen LogP) is 4.23. The lowest BCUT2D eigenvalue weighted by Crippen LogP contribution is -2.37. The Morgan fingerprint density at radius 3 is 2.35 bits per heavy atom. The van der Waals surface area contributed by atoms with E-state index in [1.54, 1.807) is 0 Å². The zero-order valence-corrected chi connectivity index (χ0v) is 11.3. The average molecular weight is 231 g/mol. The maximum absolute atomic E-state index is 2.73. The zero-order valence-electron chi connectivity index (χ0n) is 11.3. The number of unbranched alkanes of at least 4 members (excludes halogenated alkanes) is 1. The fourth-order valence-electron chi connectivity index (χ4n) is 2.67. The van der Waals surface area contributed by atoms with Crippen molar-refractivity contribution < 1.29 is 0 Å². The Morgan fingerprint density at radius 1 is 1.12 bits per heavy atom. The SMILES string of the molecule is CCCCN(Cc1ccccc1)C1(CC)CC1. The lowest BCUT2D eigenvalue weighted by molar-refractivity contribution is 0.160. The minimum absolute atomic E-state index is 0.547. The molecule has 0 spiro atoms. The van der Waals surface area contributed by atoms with Crippen LogP contribution in [0.3, 0.4) is 0 Å². The third-order valence-electron chi connectivity index (χ3n) is 4.15. The Kier molecular flexibility index (Phi) is 4.22. The fraction of sp³-hybridized carbons (Fsp3) is 0.625. The summed E-state index contributed by atoms with van der Waals surface area (Å²) >= 11 is 0. The highest BCUT2D eigenvalue weighted by atomic mass is 15.2. The van der Waals surface area contributed by atoms with Crippen LogP contribution in [0.1, 0.15) is 51.5 Å². The van der Waals surface area contributed by atoms with Crippen LogP contribution in [0.2, 0.25) is 0 Å². The van der Waals surface area contributed by atoms with Crippen molar-refractivity contribution in [1.29, 1.82) is 0 Å². The zero-order chi connectivity index (χ0) is 12.1. The van der Waals surface area contributed by atoms with Crippen molar-refractivity contribution in [2.75, 3.05) is 6.54 Å². The molecule has 0 aliphatic heterocycles. The van der Waals surface area contributed by atoms with Crippen LogP contribution < -0.4 is 0 Å². The van der Waals surface area contributed by atoms with E-state index in [1.165, 1.54) is 44.2 Å². The maximum Gasteiger partial charge on any atom is 0.0239 e. The first-order chi connectivity index (χ1) is 8.30. The molecule has 1 saturated carbocycles. The van der Waals surface area contributed by atoms with E-state index >= 15 is 0 Å². The van der Waals surface area contributed by atoms with Gasteiger partial charge in [-0.1, -0.05) is 50.6 Å². The lowest BCUT2D eigenvalue weighted by atomic mass is 10.1. The molecule has 1 aromatic rings. The summed E-state index contributed by atoms with van der Waals surface area (Å²) in [5.41, 5.74) is 2.01. The molecule has 1 aliphatic carbocycles. The number of hydrogen-bond acceptors (Lipinski definition) is 1. The van der Waals surface area contributed by atoms with E-state index in [0.29, 0.717) is 5.54 Å². The second-order valence-electron chi connectivity index (χ2n) is 5.34. The Hall–Kier alpha value is -0.820. The largest absolute Gasteiger partial charge is 0.293 e. The predicted molar refractivity (Wildman–Crippen MR) is 74.0 cm³/mol. The molecule has 2 rings (SSSR count). The van der Waals surface area contributed by atoms with Gasteiger partial charge in [-0.2, -0.15) is 0 Å². The molecule has 1 heteroatoms. The first-order valence-electron chi connectivity index (χ1n) is 7.10. The molecule has 1 fully saturated rings. The van der Waals surface area contributed by atoms with Gasteiger partial charge in [0.2, 0.25) is 0 Å². The fourth-order valence-corrected chi connectivity index (χ4v) is 2.67. The second kappa shape index (κ2) is 5.68. The van der Waals surface area contributed by atoms with E-state index < -0.39 is 0 Å². The molecule has 0 heterocycles. The van der Waals surface area contributed by atoms with Gasteiger partial charge in [0.25, 0.3) is 0 Å². The highest BCUT2D eigenvalue weighted by Crippen LogP contribution is 2.45. The molecule has 1 aromatic carbocycles. The smallest absolute Gasteiger partial charge is 0.0239 e. The normalized spacial score (nSPS) is 17.4. The first kappa shape index (κ1) is 12.6. The maximum atomic E-state index is 2.73. The molecule has 94 valence electrons. The number of hydrogen-bond donors (Lipinski definition) is 0. The average Bonchev–Trinajstić information content (AvgIpc) is 3.17. The van der Waals surface area contributed by atoms with Crippen molar-refractivity contribution in [3.8, 4) is 0 Å². The van der Waals surface area contributed by atoms with E-state index in [9.17, 15) is 0 Å². The molecule has 0 radical (unpaired) electrons. The monoisotopic (exact) mass is 231 g/mol. The van der Waals surface area contributed by atoms with Gasteiger partial charge in [-0.15, -0.1) is 0 Å². The Bertz CT molecular complexity index is 327. The Morgan fingerprint density at radius 2 is 1.82 bits per heavy atom. The number of benzene rings is 1. The molecule has 0 bridgehead atoms. The van der Waals surface area contributed by atoms with Crippen molar-refractivity contribution in [2.24, 2.45) is 0 Å².